The van der Waals surface area contributed by atoms with Gasteiger partial charge in [0.25, 0.3) is 5.69 Å². The molecule has 0 saturated carbocycles. The van der Waals surface area contributed by atoms with Crippen LogP contribution in [0.3, 0.4) is 0 Å². The minimum Gasteiger partial charge on any atom is -0.380 e. The first kappa shape index (κ1) is 13.6. The summed E-state index contributed by atoms with van der Waals surface area (Å²) in [6.45, 7) is 0.369. The Morgan fingerprint density at radius 3 is 3.00 bits per heavy atom. The van der Waals surface area contributed by atoms with Crippen LogP contribution in [0.5, 0.6) is 0 Å². The van der Waals surface area contributed by atoms with E-state index in [1.807, 2.05) is 18.2 Å². The van der Waals surface area contributed by atoms with Crippen LogP contribution in [-0.4, -0.2) is 15.1 Å². The summed E-state index contributed by atoms with van der Waals surface area (Å²) in [5.74, 6) is 0. The summed E-state index contributed by atoms with van der Waals surface area (Å²) in [4.78, 5) is 10.7. The molecule has 1 aromatic heterocycles. The van der Waals surface area contributed by atoms with Crippen LogP contribution in [-0.2, 0) is 6.54 Å². The molecule has 3 aromatic rings. The van der Waals surface area contributed by atoms with Gasteiger partial charge in [0.1, 0.15) is 0 Å². The molecule has 0 spiro atoms. The van der Waals surface area contributed by atoms with Gasteiger partial charge < -0.3 is 5.32 Å². The highest BCUT2D eigenvalue weighted by Crippen LogP contribution is 2.26. The van der Waals surface area contributed by atoms with Crippen molar-refractivity contribution in [3.05, 3.63) is 62.7 Å². The number of halogens is 1. The summed E-state index contributed by atoms with van der Waals surface area (Å²) >= 11 is 3.25. The number of nitrogens with zero attached hydrogens (tertiary/aromatic N) is 2. The van der Waals surface area contributed by atoms with Gasteiger partial charge in [0.2, 0.25) is 0 Å². The zero-order valence-electron chi connectivity index (χ0n) is 10.8. The second-order valence-corrected chi connectivity index (χ2v) is 5.44. The van der Waals surface area contributed by atoms with Crippen LogP contribution < -0.4 is 5.32 Å². The lowest BCUT2D eigenvalue weighted by atomic mass is 10.1. The average molecular weight is 347 g/mol. The number of benzene rings is 2. The minimum absolute atomic E-state index is 0.0937. The summed E-state index contributed by atoms with van der Waals surface area (Å²) in [6.07, 6.45) is 1.73. The van der Waals surface area contributed by atoms with E-state index in [0.29, 0.717) is 16.6 Å². The Kier molecular flexibility index (Phi) is 3.57. The normalized spacial score (nSPS) is 10.7. The molecule has 3 rings (SSSR count). The van der Waals surface area contributed by atoms with Crippen LogP contribution in [0, 0.1) is 10.1 Å². The van der Waals surface area contributed by atoms with Crippen LogP contribution in [0.25, 0.3) is 10.9 Å². The van der Waals surface area contributed by atoms with Gasteiger partial charge >= 0.3 is 0 Å². The fourth-order valence-electron chi connectivity index (χ4n) is 2.17. The third-order valence-corrected chi connectivity index (χ3v) is 3.69. The molecule has 0 fully saturated rings. The molecule has 0 aliphatic heterocycles. The molecule has 1 heterocycles. The van der Waals surface area contributed by atoms with Crippen molar-refractivity contribution in [3.63, 3.8) is 0 Å². The van der Waals surface area contributed by atoms with E-state index in [1.54, 1.807) is 18.3 Å². The zero-order valence-corrected chi connectivity index (χ0v) is 12.4. The van der Waals surface area contributed by atoms with Crippen molar-refractivity contribution in [1.29, 1.82) is 0 Å². The highest BCUT2D eigenvalue weighted by Gasteiger charge is 2.14. The first-order chi connectivity index (χ1) is 10.1. The highest BCUT2D eigenvalue weighted by molar-refractivity contribution is 9.10. The number of aromatic nitrogens is 2. The van der Waals surface area contributed by atoms with E-state index >= 15 is 0 Å². The van der Waals surface area contributed by atoms with Crippen molar-refractivity contribution >= 4 is 38.2 Å². The van der Waals surface area contributed by atoms with Gasteiger partial charge in [0, 0.05) is 33.7 Å². The summed E-state index contributed by atoms with van der Waals surface area (Å²) in [7, 11) is 0. The van der Waals surface area contributed by atoms with Crippen molar-refractivity contribution in [2.45, 2.75) is 6.54 Å². The first-order valence-corrected chi connectivity index (χ1v) is 7.03. The molecule has 6 nitrogen and oxygen atoms in total. The van der Waals surface area contributed by atoms with Crippen LogP contribution in [0.15, 0.2) is 47.1 Å². The summed E-state index contributed by atoms with van der Waals surface area (Å²) in [5.41, 5.74) is 2.53. The van der Waals surface area contributed by atoms with Crippen molar-refractivity contribution in [2.75, 3.05) is 5.32 Å². The summed E-state index contributed by atoms with van der Waals surface area (Å²) in [6, 6.07) is 10.8. The summed E-state index contributed by atoms with van der Waals surface area (Å²) < 4.78 is 0.690. The Balaban J connectivity index is 1.88. The van der Waals surface area contributed by atoms with E-state index < -0.39 is 0 Å². The molecule has 106 valence electrons. The van der Waals surface area contributed by atoms with Crippen molar-refractivity contribution in [1.82, 2.24) is 10.2 Å². The third kappa shape index (κ3) is 2.73. The maximum atomic E-state index is 11.1. The number of anilines is 1. The molecule has 2 aromatic carbocycles. The molecule has 21 heavy (non-hydrogen) atoms. The fourth-order valence-corrected chi connectivity index (χ4v) is 2.52. The molecule has 0 bridgehead atoms. The van der Waals surface area contributed by atoms with E-state index in [4.69, 9.17) is 0 Å². The number of hydrogen-bond acceptors (Lipinski definition) is 4. The third-order valence-electron chi connectivity index (χ3n) is 3.20. The zero-order chi connectivity index (χ0) is 14.8. The van der Waals surface area contributed by atoms with E-state index in [0.717, 1.165) is 16.6 Å². The minimum atomic E-state index is -0.375. The Hall–Kier alpha value is -2.41. The van der Waals surface area contributed by atoms with Crippen LogP contribution in [0.1, 0.15) is 5.56 Å². The number of nitrogens with one attached hydrogen (secondary N) is 2. The Morgan fingerprint density at radius 1 is 1.33 bits per heavy atom. The fraction of sp³-hybridized carbons (Fsp3) is 0.0714. The smallest absolute Gasteiger partial charge is 0.275 e. The lowest BCUT2D eigenvalue weighted by Crippen LogP contribution is -2.03. The van der Waals surface area contributed by atoms with E-state index in [-0.39, 0.29) is 10.6 Å². The van der Waals surface area contributed by atoms with Gasteiger partial charge in [-0.15, -0.1) is 0 Å². The van der Waals surface area contributed by atoms with Gasteiger partial charge in [0.15, 0.2) is 0 Å². The first-order valence-electron chi connectivity index (χ1n) is 6.24. The van der Waals surface area contributed by atoms with Crippen molar-refractivity contribution < 1.29 is 4.92 Å². The maximum Gasteiger partial charge on any atom is 0.275 e. The average Bonchev–Trinajstić information content (AvgIpc) is 2.94. The van der Waals surface area contributed by atoms with E-state index in [9.17, 15) is 10.1 Å². The second-order valence-electron chi connectivity index (χ2n) is 4.52. The number of nitro benzene ring substituents is 1. The van der Waals surface area contributed by atoms with Gasteiger partial charge in [0.05, 0.1) is 16.6 Å². The van der Waals surface area contributed by atoms with Gasteiger partial charge in [-0.1, -0.05) is 22.0 Å². The van der Waals surface area contributed by atoms with Gasteiger partial charge in [-0.2, -0.15) is 5.10 Å². The molecule has 2 N–H and O–H groups in total. The van der Waals surface area contributed by atoms with Crippen molar-refractivity contribution in [3.8, 4) is 0 Å². The lowest BCUT2D eigenvalue weighted by molar-refractivity contribution is -0.385. The Labute approximate surface area is 128 Å². The number of nitro groups is 1. The van der Waals surface area contributed by atoms with Crippen LogP contribution in [0.4, 0.5) is 11.4 Å². The molecule has 0 radical (unpaired) electrons. The Morgan fingerprint density at radius 2 is 2.19 bits per heavy atom. The topological polar surface area (TPSA) is 83.9 Å². The van der Waals surface area contributed by atoms with Crippen LogP contribution >= 0.6 is 15.9 Å². The molecule has 0 amide bonds. The molecular formula is C14H11BrN4O2. The quantitative estimate of drug-likeness (QED) is 0.555. The number of rotatable bonds is 4. The largest absolute Gasteiger partial charge is 0.380 e. The summed E-state index contributed by atoms with van der Waals surface area (Å²) in [5, 5.41) is 22.2. The number of fused-ring (bicyclic) bond motifs is 1. The Bertz CT molecular complexity index is 816. The molecule has 0 aliphatic rings. The molecule has 0 saturated heterocycles. The maximum absolute atomic E-state index is 11.1. The highest BCUT2D eigenvalue weighted by atomic mass is 79.9. The second kappa shape index (κ2) is 5.53. The molecule has 0 unspecified atom stereocenters. The standard InChI is InChI=1S/C14H11BrN4O2/c15-10-5-4-9(14(6-10)19(20)21)7-16-12-2-1-3-13-11(12)8-17-18-13/h1-6,8,16H,7H2,(H,17,18). The predicted molar refractivity (Wildman–Crippen MR) is 84.2 cm³/mol. The molecule has 0 atom stereocenters. The van der Waals surface area contributed by atoms with E-state index in [1.165, 1.54) is 6.07 Å². The van der Waals surface area contributed by atoms with Gasteiger partial charge in [-0.05, 0) is 24.3 Å². The molecule has 7 heteroatoms. The van der Waals surface area contributed by atoms with Gasteiger partial charge in [-0.25, -0.2) is 0 Å². The van der Waals surface area contributed by atoms with Gasteiger partial charge in [-0.3, -0.25) is 15.2 Å². The molecule has 0 aliphatic carbocycles. The lowest BCUT2D eigenvalue weighted by Gasteiger charge is -2.08. The predicted octanol–water partition coefficient (Wildman–Crippen LogP) is 3.85. The van der Waals surface area contributed by atoms with E-state index in [2.05, 4.69) is 31.4 Å². The molecular weight excluding hydrogens is 336 g/mol. The number of H-pyrrole nitrogens is 1. The number of hydrogen-bond donors (Lipinski definition) is 2. The van der Waals surface area contributed by atoms with Crippen LogP contribution in [0.2, 0.25) is 0 Å². The SMILES string of the molecule is O=[N+]([O-])c1cc(Br)ccc1CNc1cccc2[nH]ncc12. The van der Waals surface area contributed by atoms with Crippen molar-refractivity contribution in [2.24, 2.45) is 0 Å². The number of aromatic amines is 1. The monoisotopic (exact) mass is 346 g/mol.